The highest BCUT2D eigenvalue weighted by atomic mass is 127. The average molecular weight is 591 g/mol. The van der Waals surface area contributed by atoms with Gasteiger partial charge in [-0.05, 0) is 94.9 Å². The second-order valence-corrected chi connectivity index (χ2v) is 8.27. The molecule has 0 bridgehead atoms. The monoisotopic (exact) mass is 591 g/mol. The Morgan fingerprint density at radius 3 is 2.41 bits per heavy atom. The van der Waals surface area contributed by atoms with Gasteiger partial charge in [-0.2, -0.15) is 5.10 Å². The molecule has 2 aromatic carbocycles. The molecule has 0 saturated carbocycles. The van der Waals surface area contributed by atoms with Gasteiger partial charge in [-0.15, -0.1) is 0 Å². The third-order valence-corrected chi connectivity index (χ3v) is 4.80. The van der Waals surface area contributed by atoms with Gasteiger partial charge in [0.25, 0.3) is 5.91 Å². The number of amides is 2. The van der Waals surface area contributed by atoms with Crippen molar-refractivity contribution in [2.45, 2.75) is 26.9 Å². The minimum absolute atomic E-state index is 0.0964. The zero-order chi connectivity index (χ0) is 20.0. The second kappa shape index (κ2) is 10.0. The third kappa shape index (κ3) is 6.76. The van der Waals surface area contributed by atoms with Crippen LogP contribution in [-0.4, -0.2) is 24.1 Å². The Morgan fingerprint density at radius 1 is 1.15 bits per heavy atom. The molecule has 6 nitrogen and oxygen atoms in total. The van der Waals surface area contributed by atoms with E-state index in [9.17, 15) is 9.59 Å². The molecule has 0 aliphatic rings. The maximum Gasteiger partial charge on any atom is 0.271 e. The highest BCUT2D eigenvalue weighted by Gasteiger charge is 2.10. The molecule has 0 fully saturated rings. The molecule has 0 radical (unpaired) electrons. The van der Waals surface area contributed by atoms with E-state index in [1.165, 1.54) is 6.92 Å². The SMILES string of the molecule is CC(=O)Nc1cccc(C(=O)N/N=C\c2cc(I)c(OC(C)C)c(I)c2)c1. The number of hydrogen-bond acceptors (Lipinski definition) is 4. The molecule has 0 heterocycles. The number of halogens is 2. The van der Waals surface area contributed by atoms with Gasteiger partial charge in [0, 0.05) is 18.2 Å². The van der Waals surface area contributed by atoms with Gasteiger partial charge in [0.2, 0.25) is 5.91 Å². The van der Waals surface area contributed by atoms with Crippen LogP contribution in [0.15, 0.2) is 41.5 Å². The molecule has 0 aliphatic heterocycles. The third-order valence-electron chi connectivity index (χ3n) is 3.20. The Morgan fingerprint density at radius 2 is 1.81 bits per heavy atom. The first-order valence-electron chi connectivity index (χ1n) is 8.13. The zero-order valence-corrected chi connectivity index (χ0v) is 19.4. The van der Waals surface area contributed by atoms with E-state index in [0.717, 1.165) is 18.5 Å². The molecule has 2 aromatic rings. The summed E-state index contributed by atoms with van der Waals surface area (Å²) < 4.78 is 7.76. The van der Waals surface area contributed by atoms with Gasteiger partial charge < -0.3 is 10.1 Å². The first-order chi connectivity index (χ1) is 12.8. The molecular weight excluding hydrogens is 572 g/mol. The van der Waals surface area contributed by atoms with Crippen molar-refractivity contribution in [3.05, 3.63) is 54.7 Å². The quantitative estimate of drug-likeness (QED) is 0.297. The van der Waals surface area contributed by atoms with Gasteiger partial charge in [0.05, 0.1) is 19.5 Å². The van der Waals surface area contributed by atoms with E-state index in [1.54, 1.807) is 30.5 Å². The highest BCUT2D eigenvalue weighted by molar-refractivity contribution is 14.1. The molecule has 0 saturated heterocycles. The Kier molecular flexibility index (Phi) is 8.02. The van der Waals surface area contributed by atoms with E-state index < -0.39 is 0 Å². The molecule has 2 rings (SSSR count). The van der Waals surface area contributed by atoms with E-state index in [2.05, 4.69) is 61.0 Å². The number of ether oxygens (including phenoxy) is 1. The normalized spacial score (nSPS) is 10.9. The van der Waals surface area contributed by atoms with Crippen LogP contribution in [0.2, 0.25) is 0 Å². The van der Waals surface area contributed by atoms with Crippen LogP contribution in [0.1, 0.15) is 36.7 Å². The van der Waals surface area contributed by atoms with Crippen molar-refractivity contribution >= 4 is 68.9 Å². The molecule has 27 heavy (non-hydrogen) atoms. The number of benzene rings is 2. The van der Waals surface area contributed by atoms with Crippen molar-refractivity contribution in [2.24, 2.45) is 5.10 Å². The molecule has 0 spiro atoms. The summed E-state index contributed by atoms with van der Waals surface area (Å²) in [6, 6.07) is 10.5. The summed E-state index contributed by atoms with van der Waals surface area (Å²) in [6.07, 6.45) is 1.68. The number of hydrazone groups is 1. The van der Waals surface area contributed by atoms with E-state index in [0.29, 0.717) is 11.3 Å². The fourth-order valence-corrected chi connectivity index (χ4v) is 4.24. The topological polar surface area (TPSA) is 79.8 Å². The van der Waals surface area contributed by atoms with Crippen LogP contribution in [0, 0.1) is 7.14 Å². The predicted molar refractivity (Wildman–Crippen MR) is 123 cm³/mol. The van der Waals surface area contributed by atoms with Crippen LogP contribution in [0.25, 0.3) is 0 Å². The molecule has 0 atom stereocenters. The van der Waals surface area contributed by atoms with E-state index in [-0.39, 0.29) is 17.9 Å². The van der Waals surface area contributed by atoms with Crippen LogP contribution in [0.3, 0.4) is 0 Å². The number of carbonyl (C=O) groups is 2. The van der Waals surface area contributed by atoms with Crippen LogP contribution in [0.4, 0.5) is 5.69 Å². The van der Waals surface area contributed by atoms with Crippen molar-refractivity contribution in [2.75, 3.05) is 5.32 Å². The number of carbonyl (C=O) groups excluding carboxylic acids is 2. The van der Waals surface area contributed by atoms with E-state index >= 15 is 0 Å². The molecular formula is C19H19I2N3O3. The summed E-state index contributed by atoms with van der Waals surface area (Å²) in [5.41, 5.74) is 4.31. The molecule has 0 aromatic heterocycles. The Labute approximate surface area is 185 Å². The maximum atomic E-state index is 12.2. The number of nitrogens with zero attached hydrogens (tertiary/aromatic N) is 1. The number of nitrogens with one attached hydrogen (secondary N) is 2. The van der Waals surface area contributed by atoms with Crippen LogP contribution in [-0.2, 0) is 4.79 Å². The van der Waals surface area contributed by atoms with Crippen LogP contribution in [0.5, 0.6) is 5.75 Å². The zero-order valence-electron chi connectivity index (χ0n) is 15.0. The standard InChI is InChI=1S/C19H19I2N3O3/c1-11(2)27-18-16(20)7-13(8-17(18)21)10-22-24-19(26)14-5-4-6-15(9-14)23-12(3)25/h4-11H,1-3H3,(H,23,25)(H,24,26)/b22-10-. The fraction of sp³-hybridized carbons (Fsp3) is 0.211. The second-order valence-electron chi connectivity index (χ2n) is 5.94. The molecule has 2 N–H and O–H groups in total. The van der Waals surface area contributed by atoms with Crippen molar-refractivity contribution in [1.82, 2.24) is 5.43 Å². The molecule has 2 amide bonds. The summed E-state index contributed by atoms with van der Waals surface area (Å²) >= 11 is 4.44. The van der Waals surface area contributed by atoms with Gasteiger partial charge in [-0.25, -0.2) is 5.43 Å². The number of hydrogen-bond donors (Lipinski definition) is 2. The van der Waals surface area contributed by atoms with E-state index in [4.69, 9.17) is 4.74 Å². The molecule has 0 unspecified atom stereocenters. The molecule has 0 aliphatic carbocycles. The van der Waals surface area contributed by atoms with Crippen molar-refractivity contribution in [1.29, 1.82) is 0 Å². The minimum Gasteiger partial charge on any atom is -0.489 e. The molecule has 142 valence electrons. The summed E-state index contributed by atoms with van der Waals surface area (Å²) in [7, 11) is 0. The first kappa shape index (κ1) is 21.6. The average Bonchev–Trinajstić information content (AvgIpc) is 2.57. The van der Waals surface area contributed by atoms with Crippen molar-refractivity contribution in [3.8, 4) is 5.75 Å². The summed E-state index contributed by atoms with van der Waals surface area (Å²) in [5.74, 6) is 0.296. The number of rotatable bonds is 6. The number of anilines is 1. The summed E-state index contributed by atoms with van der Waals surface area (Å²) in [4.78, 5) is 23.3. The highest BCUT2D eigenvalue weighted by Crippen LogP contribution is 2.29. The lowest BCUT2D eigenvalue weighted by molar-refractivity contribution is -0.114. The smallest absolute Gasteiger partial charge is 0.271 e. The van der Waals surface area contributed by atoms with Crippen LogP contribution >= 0.6 is 45.2 Å². The van der Waals surface area contributed by atoms with Gasteiger partial charge >= 0.3 is 0 Å². The lowest BCUT2D eigenvalue weighted by Crippen LogP contribution is -2.18. The minimum atomic E-state index is -0.359. The maximum absolute atomic E-state index is 12.2. The van der Waals surface area contributed by atoms with Gasteiger partial charge in [0.1, 0.15) is 5.75 Å². The Hall–Kier alpha value is -1.69. The molecule has 8 heteroatoms. The summed E-state index contributed by atoms with van der Waals surface area (Å²) in [6.45, 7) is 5.38. The lowest BCUT2D eigenvalue weighted by atomic mass is 10.2. The van der Waals surface area contributed by atoms with Crippen molar-refractivity contribution in [3.63, 3.8) is 0 Å². The van der Waals surface area contributed by atoms with Gasteiger partial charge in [-0.1, -0.05) is 6.07 Å². The van der Waals surface area contributed by atoms with Gasteiger partial charge in [-0.3, -0.25) is 9.59 Å². The van der Waals surface area contributed by atoms with Crippen molar-refractivity contribution < 1.29 is 14.3 Å². The Bertz CT molecular complexity index is 859. The first-order valence-corrected chi connectivity index (χ1v) is 10.3. The largest absolute Gasteiger partial charge is 0.489 e. The predicted octanol–water partition coefficient (Wildman–Crippen LogP) is 4.41. The lowest BCUT2D eigenvalue weighted by Gasteiger charge is -2.14. The van der Waals surface area contributed by atoms with Crippen LogP contribution < -0.4 is 15.5 Å². The van der Waals surface area contributed by atoms with E-state index in [1.807, 2.05) is 26.0 Å². The fourth-order valence-electron chi connectivity index (χ4n) is 2.17. The Balaban J connectivity index is 2.07. The summed E-state index contributed by atoms with van der Waals surface area (Å²) in [5, 5.41) is 6.66. The van der Waals surface area contributed by atoms with Gasteiger partial charge in [0.15, 0.2) is 0 Å².